The first-order valence-corrected chi connectivity index (χ1v) is 7.27. The van der Waals surface area contributed by atoms with Crippen molar-refractivity contribution in [1.82, 2.24) is 5.32 Å². The van der Waals surface area contributed by atoms with E-state index in [1.807, 2.05) is 0 Å². The summed E-state index contributed by atoms with van der Waals surface area (Å²) in [6, 6.07) is 7.27. The molecule has 0 saturated carbocycles. The van der Waals surface area contributed by atoms with E-state index in [9.17, 15) is 0 Å². The maximum absolute atomic E-state index is 5.52. The van der Waals surface area contributed by atoms with Crippen LogP contribution in [0.15, 0.2) is 18.2 Å². The number of fused-ring (bicyclic) bond motifs is 1. The van der Waals surface area contributed by atoms with Gasteiger partial charge in [-0.3, -0.25) is 0 Å². The Morgan fingerprint density at radius 3 is 3.11 bits per heavy atom. The van der Waals surface area contributed by atoms with Gasteiger partial charge in [-0.05, 0) is 43.5 Å². The van der Waals surface area contributed by atoms with Crippen LogP contribution in [0, 0.1) is 0 Å². The second kappa shape index (κ2) is 6.79. The highest BCUT2D eigenvalue weighted by molar-refractivity contribution is 5.39. The molecule has 0 radical (unpaired) electrons. The van der Waals surface area contributed by atoms with Crippen LogP contribution in [-0.2, 0) is 12.8 Å². The summed E-state index contributed by atoms with van der Waals surface area (Å²) in [5, 5.41) is 3.60. The quantitative estimate of drug-likeness (QED) is 0.798. The van der Waals surface area contributed by atoms with E-state index in [0.717, 1.165) is 31.7 Å². The lowest BCUT2D eigenvalue weighted by Gasteiger charge is -2.13. The Kier molecular flexibility index (Phi) is 5.06. The predicted octanol–water partition coefficient (Wildman–Crippen LogP) is 3.33. The zero-order valence-corrected chi connectivity index (χ0v) is 11.7. The van der Waals surface area contributed by atoms with Crippen molar-refractivity contribution in [2.75, 3.05) is 13.2 Å². The normalized spacial score (nSPS) is 15.2. The first-order valence-electron chi connectivity index (χ1n) is 7.27. The molecule has 1 atom stereocenters. The molecule has 1 N–H and O–H groups in total. The second-order valence-electron chi connectivity index (χ2n) is 5.29. The summed E-state index contributed by atoms with van der Waals surface area (Å²) in [5.41, 5.74) is 2.81. The highest BCUT2D eigenvalue weighted by Gasteiger charge is 2.11. The van der Waals surface area contributed by atoms with Crippen LogP contribution in [0.3, 0.4) is 0 Å². The molecule has 0 fully saturated rings. The van der Waals surface area contributed by atoms with Gasteiger partial charge in [-0.2, -0.15) is 0 Å². The van der Waals surface area contributed by atoms with Crippen LogP contribution < -0.4 is 10.1 Å². The van der Waals surface area contributed by atoms with Crippen molar-refractivity contribution in [2.45, 2.75) is 52.0 Å². The number of rotatable bonds is 7. The van der Waals surface area contributed by atoms with E-state index < -0.39 is 0 Å². The van der Waals surface area contributed by atoms with Crippen LogP contribution in [0.1, 0.15) is 44.2 Å². The van der Waals surface area contributed by atoms with Gasteiger partial charge in [0.05, 0.1) is 6.61 Å². The fraction of sp³-hybridized carbons (Fsp3) is 0.625. The number of nitrogens with one attached hydrogen (secondary N) is 1. The van der Waals surface area contributed by atoms with Crippen molar-refractivity contribution >= 4 is 0 Å². The lowest BCUT2D eigenvalue weighted by atomic mass is 10.1. The van der Waals surface area contributed by atoms with E-state index >= 15 is 0 Å². The van der Waals surface area contributed by atoms with Gasteiger partial charge in [0, 0.05) is 12.5 Å². The lowest BCUT2D eigenvalue weighted by molar-refractivity contribution is 0.357. The number of benzene rings is 1. The van der Waals surface area contributed by atoms with E-state index in [1.165, 1.54) is 30.4 Å². The van der Waals surface area contributed by atoms with Gasteiger partial charge in [0.15, 0.2) is 0 Å². The standard InChI is InChI=1S/C16H25NO/c1-3-4-5-13(2)17-10-8-14-6-7-16-15(12-14)9-11-18-16/h6-7,12-13,17H,3-5,8-11H2,1-2H3. The van der Waals surface area contributed by atoms with Gasteiger partial charge in [-0.25, -0.2) is 0 Å². The SMILES string of the molecule is CCCCC(C)NCCc1ccc2c(c1)CCO2. The van der Waals surface area contributed by atoms with Gasteiger partial charge in [-0.1, -0.05) is 31.9 Å². The molecule has 18 heavy (non-hydrogen) atoms. The fourth-order valence-corrected chi connectivity index (χ4v) is 2.47. The highest BCUT2D eigenvalue weighted by Crippen LogP contribution is 2.25. The zero-order chi connectivity index (χ0) is 12.8. The maximum Gasteiger partial charge on any atom is 0.122 e. The largest absolute Gasteiger partial charge is 0.493 e. The number of unbranched alkanes of at least 4 members (excludes halogenated alkanes) is 1. The van der Waals surface area contributed by atoms with Gasteiger partial charge in [0.1, 0.15) is 5.75 Å². The second-order valence-corrected chi connectivity index (χ2v) is 5.29. The van der Waals surface area contributed by atoms with Gasteiger partial charge >= 0.3 is 0 Å². The molecule has 0 amide bonds. The van der Waals surface area contributed by atoms with Crippen LogP contribution in [0.5, 0.6) is 5.75 Å². The molecule has 0 aromatic heterocycles. The Bertz CT molecular complexity index is 375. The van der Waals surface area contributed by atoms with E-state index in [-0.39, 0.29) is 0 Å². The summed E-state index contributed by atoms with van der Waals surface area (Å²) in [5.74, 6) is 1.09. The molecule has 2 nitrogen and oxygen atoms in total. The minimum atomic E-state index is 0.641. The molecular formula is C16H25NO. The summed E-state index contributed by atoms with van der Waals surface area (Å²) in [6.45, 7) is 6.46. The first-order chi connectivity index (χ1) is 8.79. The van der Waals surface area contributed by atoms with E-state index in [1.54, 1.807) is 0 Å². The van der Waals surface area contributed by atoms with Crippen LogP contribution in [-0.4, -0.2) is 19.2 Å². The Morgan fingerprint density at radius 1 is 1.39 bits per heavy atom. The number of hydrogen-bond acceptors (Lipinski definition) is 2. The zero-order valence-electron chi connectivity index (χ0n) is 11.7. The molecule has 1 aliphatic rings. The Balaban J connectivity index is 1.73. The van der Waals surface area contributed by atoms with Crippen molar-refractivity contribution in [3.63, 3.8) is 0 Å². The third-order valence-electron chi connectivity index (χ3n) is 3.65. The predicted molar refractivity (Wildman–Crippen MR) is 76.3 cm³/mol. The first kappa shape index (κ1) is 13.4. The van der Waals surface area contributed by atoms with E-state index in [4.69, 9.17) is 4.74 Å². The maximum atomic E-state index is 5.52. The van der Waals surface area contributed by atoms with Crippen LogP contribution >= 0.6 is 0 Å². The highest BCUT2D eigenvalue weighted by atomic mass is 16.5. The van der Waals surface area contributed by atoms with Gasteiger partial charge < -0.3 is 10.1 Å². The molecule has 1 aromatic carbocycles. The fourth-order valence-electron chi connectivity index (χ4n) is 2.47. The molecule has 100 valence electrons. The van der Waals surface area contributed by atoms with Crippen molar-refractivity contribution in [2.24, 2.45) is 0 Å². The minimum Gasteiger partial charge on any atom is -0.493 e. The molecule has 1 heterocycles. The average molecular weight is 247 g/mol. The molecule has 0 saturated heterocycles. The molecule has 1 aliphatic heterocycles. The number of hydrogen-bond donors (Lipinski definition) is 1. The Hall–Kier alpha value is -1.02. The van der Waals surface area contributed by atoms with Crippen molar-refractivity contribution in [3.05, 3.63) is 29.3 Å². The molecular weight excluding hydrogens is 222 g/mol. The lowest BCUT2D eigenvalue weighted by Crippen LogP contribution is -2.27. The molecule has 0 aliphatic carbocycles. The summed E-state index contributed by atoms with van der Waals surface area (Å²) < 4.78 is 5.52. The molecule has 1 aromatic rings. The monoisotopic (exact) mass is 247 g/mol. The van der Waals surface area contributed by atoms with Crippen molar-refractivity contribution in [3.8, 4) is 5.75 Å². The third kappa shape index (κ3) is 3.74. The van der Waals surface area contributed by atoms with Gasteiger partial charge in [-0.15, -0.1) is 0 Å². The van der Waals surface area contributed by atoms with E-state index in [0.29, 0.717) is 6.04 Å². The summed E-state index contributed by atoms with van der Waals surface area (Å²) >= 11 is 0. The summed E-state index contributed by atoms with van der Waals surface area (Å²) in [4.78, 5) is 0. The summed E-state index contributed by atoms with van der Waals surface area (Å²) in [6.07, 6.45) is 6.09. The average Bonchev–Trinajstić information content (AvgIpc) is 2.83. The minimum absolute atomic E-state index is 0.641. The molecule has 2 rings (SSSR count). The Labute approximate surface area is 111 Å². The van der Waals surface area contributed by atoms with Gasteiger partial charge in [0.25, 0.3) is 0 Å². The van der Waals surface area contributed by atoms with Crippen LogP contribution in [0.2, 0.25) is 0 Å². The Morgan fingerprint density at radius 2 is 2.28 bits per heavy atom. The third-order valence-corrected chi connectivity index (χ3v) is 3.65. The smallest absolute Gasteiger partial charge is 0.122 e. The summed E-state index contributed by atoms with van der Waals surface area (Å²) in [7, 11) is 0. The van der Waals surface area contributed by atoms with Crippen molar-refractivity contribution < 1.29 is 4.74 Å². The number of ether oxygens (including phenoxy) is 1. The molecule has 0 bridgehead atoms. The van der Waals surface area contributed by atoms with Crippen molar-refractivity contribution in [1.29, 1.82) is 0 Å². The molecule has 2 heteroatoms. The van der Waals surface area contributed by atoms with E-state index in [2.05, 4.69) is 37.4 Å². The van der Waals surface area contributed by atoms with Gasteiger partial charge in [0.2, 0.25) is 0 Å². The van der Waals surface area contributed by atoms with Crippen LogP contribution in [0.25, 0.3) is 0 Å². The molecule has 0 spiro atoms. The topological polar surface area (TPSA) is 21.3 Å². The molecule has 1 unspecified atom stereocenters. The van der Waals surface area contributed by atoms with Crippen LogP contribution in [0.4, 0.5) is 0 Å².